The van der Waals surface area contributed by atoms with Crippen LogP contribution in [0.25, 0.3) is 0 Å². The van der Waals surface area contributed by atoms with Crippen molar-refractivity contribution >= 4 is 0 Å². The Morgan fingerprint density at radius 1 is 1.11 bits per heavy atom. The van der Waals surface area contributed by atoms with Crippen molar-refractivity contribution in [3.63, 3.8) is 0 Å². The van der Waals surface area contributed by atoms with Crippen molar-refractivity contribution in [3.8, 4) is 5.75 Å². The van der Waals surface area contributed by atoms with E-state index in [1.165, 1.54) is 25.7 Å². The molecule has 0 aromatic heterocycles. The summed E-state index contributed by atoms with van der Waals surface area (Å²) >= 11 is 0. The standard InChI is InChI=1S/C16H22O2/c1-11-6-8-12(9-7-11)16-10-14(17)13-4-2-3-5-15(13)18-16/h2-5,11-12,14,16-17H,6-10H2,1H3/t11?,12?,14-,16?/m0/s1. The molecule has 1 heterocycles. The number of aliphatic hydroxyl groups is 1. The molecular weight excluding hydrogens is 224 g/mol. The zero-order valence-electron chi connectivity index (χ0n) is 11.0. The van der Waals surface area contributed by atoms with Crippen molar-refractivity contribution in [2.24, 2.45) is 11.8 Å². The summed E-state index contributed by atoms with van der Waals surface area (Å²) in [6.07, 6.45) is 5.74. The number of rotatable bonds is 1. The molecule has 1 aliphatic carbocycles. The Balaban J connectivity index is 1.73. The molecular formula is C16H22O2. The molecule has 98 valence electrons. The van der Waals surface area contributed by atoms with Crippen molar-refractivity contribution in [1.82, 2.24) is 0 Å². The third kappa shape index (κ3) is 2.26. The van der Waals surface area contributed by atoms with E-state index in [9.17, 15) is 5.11 Å². The van der Waals surface area contributed by atoms with E-state index in [2.05, 4.69) is 6.92 Å². The Hall–Kier alpha value is -1.02. The van der Waals surface area contributed by atoms with Gasteiger partial charge < -0.3 is 9.84 Å². The lowest BCUT2D eigenvalue weighted by molar-refractivity contribution is 0.0194. The summed E-state index contributed by atoms with van der Waals surface area (Å²) in [6.45, 7) is 2.34. The molecule has 1 saturated carbocycles. The molecule has 3 rings (SSSR count). The predicted octanol–water partition coefficient (Wildman–Crippen LogP) is 3.70. The maximum Gasteiger partial charge on any atom is 0.125 e. The molecule has 0 amide bonds. The second kappa shape index (κ2) is 4.93. The van der Waals surface area contributed by atoms with Gasteiger partial charge in [0.05, 0.1) is 6.10 Å². The molecule has 0 spiro atoms. The fourth-order valence-corrected chi connectivity index (χ4v) is 3.37. The van der Waals surface area contributed by atoms with Crippen LogP contribution in [0.3, 0.4) is 0 Å². The molecule has 2 heteroatoms. The van der Waals surface area contributed by atoms with Gasteiger partial charge in [0.25, 0.3) is 0 Å². The summed E-state index contributed by atoms with van der Waals surface area (Å²) in [4.78, 5) is 0. The molecule has 2 nitrogen and oxygen atoms in total. The molecule has 2 aliphatic rings. The first-order valence-electron chi connectivity index (χ1n) is 7.17. The highest BCUT2D eigenvalue weighted by Crippen LogP contribution is 2.40. The molecule has 1 unspecified atom stereocenters. The van der Waals surface area contributed by atoms with Crippen LogP contribution in [-0.2, 0) is 0 Å². The first-order chi connectivity index (χ1) is 8.74. The van der Waals surface area contributed by atoms with Crippen LogP contribution in [0.2, 0.25) is 0 Å². The Morgan fingerprint density at radius 2 is 1.83 bits per heavy atom. The van der Waals surface area contributed by atoms with E-state index in [0.29, 0.717) is 5.92 Å². The zero-order chi connectivity index (χ0) is 12.5. The SMILES string of the molecule is CC1CCC(C2C[C@H](O)c3ccccc3O2)CC1. The number of hydrogen-bond donors (Lipinski definition) is 1. The highest BCUT2D eigenvalue weighted by molar-refractivity contribution is 5.37. The van der Waals surface area contributed by atoms with E-state index in [0.717, 1.165) is 23.7 Å². The smallest absolute Gasteiger partial charge is 0.125 e. The number of hydrogen-bond acceptors (Lipinski definition) is 2. The lowest BCUT2D eigenvalue weighted by Crippen LogP contribution is -2.34. The normalized spacial score (nSPS) is 35.7. The van der Waals surface area contributed by atoms with Crippen LogP contribution < -0.4 is 4.74 Å². The molecule has 0 saturated heterocycles. The summed E-state index contributed by atoms with van der Waals surface area (Å²) in [6, 6.07) is 7.90. The Kier molecular flexibility index (Phi) is 3.29. The van der Waals surface area contributed by atoms with Crippen LogP contribution in [0, 0.1) is 11.8 Å². The average molecular weight is 246 g/mol. The number of fused-ring (bicyclic) bond motifs is 1. The van der Waals surface area contributed by atoms with Crippen molar-refractivity contribution in [1.29, 1.82) is 0 Å². The molecule has 0 radical (unpaired) electrons. The zero-order valence-corrected chi connectivity index (χ0v) is 11.0. The van der Waals surface area contributed by atoms with Gasteiger partial charge in [0.2, 0.25) is 0 Å². The molecule has 1 N–H and O–H groups in total. The third-order valence-electron chi connectivity index (χ3n) is 4.60. The largest absolute Gasteiger partial charge is 0.490 e. The Morgan fingerprint density at radius 3 is 2.61 bits per heavy atom. The maximum atomic E-state index is 10.2. The van der Waals surface area contributed by atoms with Crippen LogP contribution >= 0.6 is 0 Å². The summed E-state index contributed by atoms with van der Waals surface area (Å²) in [5.74, 6) is 2.38. The number of aliphatic hydroxyl groups excluding tert-OH is 1. The lowest BCUT2D eigenvalue weighted by Gasteiger charge is -2.37. The van der Waals surface area contributed by atoms with Gasteiger partial charge in [-0.25, -0.2) is 0 Å². The molecule has 1 aromatic rings. The van der Waals surface area contributed by atoms with Gasteiger partial charge in [0, 0.05) is 12.0 Å². The quantitative estimate of drug-likeness (QED) is 0.818. The van der Waals surface area contributed by atoms with Crippen molar-refractivity contribution in [3.05, 3.63) is 29.8 Å². The van der Waals surface area contributed by atoms with E-state index in [-0.39, 0.29) is 12.2 Å². The monoisotopic (exact) mass is 246 g/mol. The molecule has 2 atom stereocenters. The highest BCUT2D eigenvalue weighted by atomic mass is 16.5. The third-order valence-corrected chi connectivity index (χ3v) is 4.60. The topological polar surface area (TPSA) is 29.5 Å². The summed E-state index contributed by atoms with van der Waals surface area (Å²) < 4.78 is 6.12. The average Bonchev–Trinajstić information content (AvgIpc) is 2.39. The maximum absolute atomic E-state index is 10.2. The lowest BCUT2D eigenvalue weighted by atomic mass is 9.78. The predicted molar refractivity (Wildman–Crippen MR) is 71.6 cm³/mol. The fraction of sp³-hybridized carbons (Fsp3) is 0.625. The van der Waals surface area contributed by atoms with E-state index in [1.807, 2.05) is 24.3 Å². The summed E-state index contributed by atoms with van der Waals surface area (Å²) in [7, 11) is 0. The first-order valence-corrected chi connectivity index (χ1v) is 7.17. The van der Waals surface area contributed by atoms with Gasteiger partial charge in [-0.05, 0) is 30.7 Å². The van der Waals surface area contributed by atoms with E-state index in [4.69, 9.17) is 4.74 Å². The van der Waals surface area contributed by atoms with Gasteiger partial charge in [-0.2, -0.15) is 0 Å². The minimum atomic E-state index is -0.348. The molecule has 1 fully saturated rings. The van der Waals surface area contributed by atoms with Crippen LogP contribution in [0.15, 0.2) is 24.3 Å². The van der Waals surface area contributed by atoms with Crippen LogP contribution in [0.5, 0.6) is 5.75 Å². The fourth-order valence-electron chi connectivity index (χ4n) is 3.37. The van der Waals surface area contributed by atoms with Gasteiger partial charge in [-0.15, -0.1) is 0 Å². The molecule has 0 bridgehead atoms. The minimum absolute atomic E-state index is 0.211. The van der Waals surface area contributed by atoms with Gasteiger partial charge in [-0.3, -0.25) is 0 Å². The number of benzene rings is 1. The van der Waals surface area contributed by atoms with Gasteiger partial charge in [0.15, 0.2) is 0 Å². The molecule has 1 aliphatic heterocycles. The first kappa shape index (κ1) is 12.0. The van der Waals surface area contributed by atoms with Crippen LogP contribution in [0.1, 0.15) is 50.7 Å². The van der Waals surface area contributed by atoms with E-state index in [1.54, 1.807) is 0 Å². The van der Waals surface area contributed by atoms with E-state index < -0.39 is 0 Å². The number of ether oxygens (including phenoxy) is 1. The molecule has 1 aromatic carbocycles. The van der Waals surface area contributed by atoms with Crippen molar-refractivity contribution < 1.29 is 9.84 Å². The minimum Gasteiger partial charge on any atom is -0.490 e. The summed E-state index contributed by atoms with van der Waals surface area (Å²) in [5.41, 5.74) is 0.956. The van der Waals surface area contributed by atoms with E-state index >= 15 is 0 Å². The van der Waals surface area contributed by atoms with Gasteiger partial charge in [0.1, 0.15) is 11.9 Å². The molecule has 18 heavy (non-hydrogen) atoms. The number of para-hydroxylation sites is 1. The van der Waals surface area contributed by atoms with Crippen molar-refractivity contribution in [2.75, 3.05) is 0 Å². The second-order valence-electron chi connectivity index (χ2n) is 5.97. The van der Waals surface area contributed by atoms with Gasteiger partial charge in [-0.1, -0.05) is 38.0 Å². The Labute approximate surface area is 109 Å². The Bertz CT molecular complexity index is 407. The second-order valence-corrected chi connectivity index (χ2v) is 5.97. The highest BCUT2D eigenvalue weighted by Gasteiger charge is 2.33. The summed E-state index contributed by atoms with van der Waals surface area (Å²) in [5, 5.41) is 10.2. The van der Waals surface area contributed by atoms with Crippen LogP contribution in [0.4, 0.5) is 0 Å². The van der Waals surface area contributed by atoms with Crippen LogP contribution in [-0.4, -0.2) is 11.2 Å². The van der Waals surface area contributed by atoms with Crippen molar-refractivity contribution in [2.45, 2.75) is 51.2 Å². The van der Waals surface area contributed by atoms with Gasteiger partial charge >= 0.3 is 0 Å².